The fourth-order valence-electron chi connectivity index (χ4n) is 0.123. The van der Waals surface area contributed by atoms with Crippen molar-refractivity contribution in [2.24, 2.45) is 0 Å². The molecule has 4 nitrogen and oxygen atoms in total. The number of aliphatic carboxylic acids is 1. The van der Waals surface area contributed by atoms with Gasteiger partial charge in [-0.2, -0.15) is 0 Å². The highest BCUT2D eigenvalue weighted by Gasteiger charge is 1.99. The highest BCUT2D eigenvalue weighted by molar-refractivity contribution is 5.85. The third-order valence-corrected chi connectivity index (χ3v) is 1.47. The number of carboxylic acids is 1. The molecule has 2 atom stereocenters. The first-order valence-electron chi connectivity index (χ1n) is 4.05. The summed E-state index contributed by atoms with van der Waals surface area (Å²) in [5.74, 6) is -0.845. The standard InChI is InChI=1S/C5H8O2.C4H10O2/c1-3-4(2)5(6)7;1-3(5)4(2)6/h3H,1-2H3,(H,6,7);3-6H,1-2H3. The summed E-state index contributed by atoms with van der Waals surface area (Å²) in [5, 5.41) is 24.9. The Morgan fingerprint density at radius 2 is 1.54 bits per heavy atom. The Hall–Kier alpha value is -0.870. The lowest BCUT2D eigenvalue weighted by Gasteiger charge is -2.03. The van der Waals surface area contributed by atoms with E-state index in [1.807, 2.05) is 0 Å². The van der Waals surface area contributed by atoms with Gasteiger partial charge in [0, 0.05) is 5.57 Å². The van der Waals surface area contributed by atoms with E-state index in [1.165, 1.54) is 0 Å². The van der Waals surface area contributed by atoms with E-state index in [1.54, 1.807) is 33.8 Å². The first-order chi connectivity index (χ1) is 5.82. The summed E-state index contributed by atoms with van der Waals surface area (Å²) in [5.41, 5.74) is 0.389. The predicted molar refractivity (Wildman–Crippen MR) is 50.4 cm³/mol. The van der Waals surface area contributed by atoms with Crippen molar-refractivity contribution in [1.29, 1.82) is 0 Å². The van der Waals surface area contributed by atoms with Gasteiger partial charge in [0.25, 0.3) is 0 Å². The van der Waals surface area contributed by atoms with Crippen LogP contribution in [0.15, 0.2) is 11.6 Å². The number of carboxylic acid groups (broad SMARTS) is 1. The van der Waals surface area contributed by atoms with Crippen molar-refractivity contribution in [1.82, 2.24) is 0 Å². The van der Waals surface area contributed by atoms with Gasteiger partial charge in [0.1, 0.15) is 0 Å². The maximum Gasteiger partial charge on any atom is 0.330 e. The molecule has 13 heavy (non-hydrogen) atoms. The van der Waals surface area contributed by atoms with E-state index in [0.717, 1.165) is 0 Å². The van der Waals surface area contributed by atoms with Crippen molar-refractivity contribution < 1.29 is 20.1 Å². The predicted octanol–water partition coefficient (Wildman–Crippen LogP) is 0.785. The maximum atomic E-state index is 9.86. The Balaban J connectivity index is 0. The molecule has 0 fully saturated rings. The first-order valence-corrected chi connectivity index (χ1v) is 4.05. The molecule has 0 aromatic carbocycles. The molecule has 0 spiro atoms. The molecule has 0 saturated heterocycles. The van der Waals surface area contributed by atoms with Gasteiger partial charge in [-0.15, -0.1) is 0 Å². The van der Waals surface area contributed by atoms with Gasteiger partial charge >= 0.3 is 5.97 Å². The minimum absolute atomic E-state index is 0.389. The smallest absolute Gasteiger partial charge is 0.330 e. The third kappa shape index (κ3) is 11.1. The lowest BCUT2D eigenvalue weighted by molar-refractivity contribution is -0.132. The van der Waals surface area contributed by atoms with Crippen molar-refractivity contribution in [3.63, 3.8) is 0 Å². The summed E-state index contributed by atoms with van der Waals surface area (Å²) in [6.45, 7) is 6.35. The zero-order chi connectivity index (χ0) is 11.0. The van der Waals surface area contributed by atoms with Crippen LogP contribution < -0.4 is 0 Å². The molecule has 0 rings (SSSR count). The third-order valence-electron chi connectivity index (χ3n) is 1.47. The van der Waals surface area contributed by atoms with Crippen LogP contribution in [0.2, 0.25) is 0 Å². The normalized spacial score (nSPS) is 15.4. The number of hydrogen-bond donors (Lipinski definition) is 3. The van der Waals surface area contributed by atoms with Crippen molar-refractivity contribution in [3.8, 4) is 0 Å². The van der Waals surface area contributed by atoms with Gasteiger partial charge < -0.3 is 15.3 Å². The average Bonchev–Trinajstić information content (AvgIpc) is 2.03. The molecular weight excluding hydrogens is 172 g/mol. The van der Waals surface area contributed by atoms with Crippen LogP contribution >= 0.6 is 0 Å². The number of aliphatic hydroxyl groups excluding tert-OH is 2. The van der Waals surface area contributed by atoms with Crippen LogP contribution in [0.4, 0.5) is 0 Å². The molecule has 0 heterocycles. The summed E-state index contributed by atoms with van der Waals surface area (Å²) in [4.78, 5) is 9.86. The molecule has 0 aromatic rings. The molecule has 0 aliphatic rings. The van der Waals surface area contributed by atoms with Gasteiger partial charge in [0.15, 0.2) is 0 Å². The van der Waals surface area contributed by atoms with E-state index in [9.17, 15) is 4.79 Å². The van der Waals surface area contributed by atoms with Crippen LogP contribution in [0.25, 0.3) is 0 Å². The Morgan fingerprint density at radius 1 is 1.23 bits per heavy atom. The second-order valence-electron chi connectivity index (χ2n) is 2.76. The molecule has 0 aliphatic heterocycles. The Bertz CT molecular complexity index is 164. The summed E-state index contributed by atoms with van der Waals surface area (Å²) >= 11 is 0. The fourth-order valence-corrected chi connectivity index (χ4v) is 0.123. The molecule has 2 unspecified atom stereocenters. The number of carbonyl (C=O) groups is 1. The van der Waals surface area contributed by atoms with Crippen LogP contribution in [0.3, 0.4) is 0 Å². The Morgan fingerprint density at radius 3 is 1.54 bits per heavy atom. The first kappa shape index (κ1) is 14.6. The van der Waals surface area contributed by atoms with Gasteiger partial charge in [0.2, 0.25) is 0 Å². The minimum atomic E-state index is -0.845. The summed E-state index contributed by atoms with van der Waals surface area (Å²) in [7, 11) is 0. The zero-order valence-electron chi connectivity index (χ0n) is 8.48. The highest BCUT2D eigenvalue weighted by Crippen LogP contribution is 1.87. The molecule has 0 amide bonds. The monoisotopic (exact) mass is 190 g/mol. The van der Waals surface area contributed by atoms with Crippen molar-refractivity contribution in [2.75, 3.05) is 0 Å². The van der Waals surface area contributed by atoms with Gasteiger partial charge in [-0.1, -0.05) is 6.08 Å². The molecule has 78 valence electrons. The molecule has 0 bridgehead atoms. The summed E-state index contributed by atoms with van der Waals surface area (Å²) < 4.78 is 0. The quantitative estimate of drug-likeness (QED) is 0.562. The van der Waals surface area contributed by atoms with Crippen molar-refractivity contribution >= 4 is 5.97 Å². The number of allylic oxidation sites excluding steroid dienone is 1. The van der Waals surface area contributed by atoms with Crippen molar-refractivity contribution in [3.05, 3.63) is 11.6 Å². The SMILES string of the molecule is CC(O)C(C)O.CC=C(C)C(=O)O. The molecule has 3 N–H and O–H groups in total. The van der Waals surface area contributed by atoms with Crippen LogP contribution in [0, 0.1) is 0 Å². The van der Waals surface area contributed by atoms with Gasteiger partial charge in [-0.05, 0) is 27.7 Å². The summed E-state index contributed by atoms with van der Waals surface area (Å²) in [6.07, 6.45) is 0.373. The molecule has 0 aliphatic carbocycles. The van der Waals surface area contributed by atoms with E-state index in [2.05, 4.69) is 0 Å². The number of aliphatic hydroxyl groups is 2. The Kier molecular flexibility index (Phi) is 8.74. The second kappa shape index (κ2) is 7.76. The average molecular weight is 190 g/mol. The number of hydrogen-bond acceptors (Lipinski definition) is 3. The van der Waals surface area contributed by atoms with Crippen molar-refractivity contribution in [2.45, 2.75) is 39.9 Å². The largest absolute Gasteiger partial charge is 0.478 e. The Labute approximate surface area is 78.5 Å². The van der Waals surface area contributed by atoms with E-state index in [0.29, 0.717) is 5.57 Å². The fraction of sp³-hybridized carbons (Fsp3) is 0.667. The van der Waals surface area contributed by atoms with E-state index in [4.69, 9.17) is 15.3 Å². The lowest BCUT2D eigenvalue weighted by atomic mass is 10.3. The highest BCUT2D eigenvalue weighted by atomic mass is 16.4. The molecule has 0 radical (unpaired) electrons. The number of rotatable bonds is 2. The van der Waals surface area contributed by atoms with Crippen LogP contribution in [-0.2, 0) is 4.79 Å². The summed E-state index contributed by atoms with van der Waals surface area (Å²) in [6, 6.07) is 0. The molecule has 0 saturated carbocycles. The maximum absolute atomic E-state index is 9.86. The van der Waals surface area contributed by atoms with Crippen LogP contribution in [0.5, 0.6) is 0 Å². The minimum Gasteiger partial charge on any atom is -0.478 e. The molecule has 0 aromatic heterocycles. The van der Waals surface area contributed by atoms with Gasteiger partial charge in [-0.25, -0.2) is 4.79 Å². The molecular formula is C9H18O4. The zero-order valence-corrected chi connectivity index (χ0v) is 8.48. The van der Waals surface area contributed by atoms with E-state index < -0.39 is 18.2 Å². The second-order valence-corrected chi connectivity index (χ2v) is 2.76. The topological polar surface area (TPSA) is 77.8 Å². The van der Waals surface area contributed by atoms with Crippen LogP contribution in [-0.4, -0.2) is 33.5 Å². The van der Waals surface area contributed by atoms with E-state index in [-0.39, 0.29) is 0 Å². The van der Waals surface area contributed by atoms with Gasteiger partial charge in [-0.3, -0.25) is 0 Å². The van der Waals surface area contributed by atoms with Gasteiger partial charge in [0.05, 0.1) is 12.2 Å². The lowest BCUT2D eigenvalue weighted by Crippen LogP contribution is -2.17. The van der Waals surface area contributed by atoms with E-state index >= 15 is 0 Å². The molecule has 4 heteroatoms. The van der Waals surface area contributed by atoms with Crippen LogP contribution in [0.1, 0.15) is 27.7 Å².